The van der Waals surface area contributed by atoms with Gasteiger partial charge in [-0.3, -0.25) is 4.79 Å². The van der Waals surface area contributed by atoms with Crippen LogP contribution in [-0.4, -0.2) is 23.1 Å². The number of carbonyl (C=O) groups is 1. The molecule has 0 saturated heterocycles. The van der Waals surface area contributed by atoms with Crippen molar-refractivity contribution in [2.24, 2.45) is 0 Å². The van der Waals surface area contributed by atoms with Gasteiger partial charge in [-0.15, -0.1) is 0 Å². The van der Waals surface area contributed by atoms with Gasteiger partial charge >= 0.3 is 0 Å². The quantitative estimate of drug-likeness (QED) is 0.607. The lowest BCUT2D eigenvalue weighted by atomic mass is 9.96. The van der Waals surface area contributed by atoms with E-state index in [2.05, 4.69) is 0 Å². The Hall–Kier alpha value is -3.27. The van der Waals surface area contributed by atoms with E-state index in [4.69, 9.17) is 4.74 Å². The van der Waals surface area contributed by atoms with E-state index in [1.54, 1.807) is 24.3 Å². The number of hydrogen-bond acceptors (Lipinski definition) is 4. The third kappa shape index (κ3) is 4.29. The zero-order chi connectivity index (χ0) is 19.2. The third-order valence-corrected chi connectivity index (χ3v) is 4.58. The number of para-hydroxylation sites is 1. The summed E-state index contributed by atoms with van der Waals surface area (Å²) in [7, 11) is 1.48. The summed E-state index contributed by atoms with van der Waals surface area (Å²) in [6, 6.07) is 19.8. The number of phenols is 2. The van der Waals surface area contributed by atoms with E-state index in [9.17, 15) is 15.0 Å². The number of ketones is 1. The maximum Gasteiger partial charge on any atom is 0.166 e. The summed E-state index contributed by atoms with van der Waals surface area (Å²) in [5, 5.41) is 20.3. The third-order valence-electron chi connectivity index (χ3n) is 4.58. The van der Waals surface area contributed by atoms with Crippen LogP contribution in [0.5, 0.6) is 17.2 Å². The van der Waals surface area contributed by atoms with Crippen LogP contribution in [-0.2, 0) is 12.8 Å². The van der Waals surface area contributed by atoms with E-state index in [-0.39, 0.29) is 23.7 Å². The van der Waals surface area contributed by atoms with Crippen LogP contribution in [0.2, 0.25) is 0 Å². The van der Waals surface area contributed by atoms with Crippen LogP contribution >= 0.6 is 0 Å². The second-order valence-electron chi connectivity index (χ2n) is 6.36. The van der Waals surface area contributed by atoms with Crippen molar-refractivity contribution in [2.75, 3.05) is 7.11 Å². The lowest BCUT2D eigenvalue weighted by Crippen LogP contribution is -2.06. The van der Waals surface area contributed by atoms with Crippen LogP contribution in [0, 0.1) is 0 Å². The minimum atomic E-state index is -0.0470. The molecule has 0 aliphatic heterocycles. The van der Waals surface area contributed by atoms with Crippen LogP contribution in [0.4, 0.5) is 0 Å². The van der Waals surface area contributed by atoms with Gasteiger partial charge in [0, 0.05) is 18.4 Å². The van der Waals surface area contributed by atoms with Crippen molar-refractivity contribution >= 4 is 5.78 Å². The second kappa shape index (κ2) is 8.41. The molecule has 3 rings (SSSR count). The summed E-state index contributed by atoms with van der Waals surface area (Å²) in [5.41, 5.74) is 2.68. The van der Waals surface area contributed by atoms with Crippen molar-refractivity contribution in [1.29, 1.82) is 0 Å². The number of methoxy groups -OCH3 is 1. The average Bonchev–Trinajstić information content (AvgIpc) is 2.69. The molecule has 27 heavy (non-hydrogen) atoms. The fourth-order valence-corrected chi connectivity index (χ4v) is 3.13. The Bertz CT molecular complexity index is 932. The molecule has 0 aromatic heterocycles. The van der Waals surface area contributed by atoms with Gasteiger partial charge in [0.15, 0.2) is 5.78 Å². The first-order valence-corrected chi connectivity index (χ1v) is 8.83. The largest absolute Gasteiger partial charge is 0.508 e. The van der Waals surface area contributed by atoms with Gasteiger partial charge in [-0.05, 0) is 35.7 Å². The summed E-state index contributed by atoms with van der Waals surface area (Å²) in [6.07, 6.45) is 1.25. The van der Waals surface area contributed by atoms with Crippen molar-refractivity contribution in [3.05, 3.63) is 89.0 Å². The van der Waals surface area contributed by atoms with Gasteiger partial charge in [0.25, 0.3) is 0 Å². The zero-order valence-electron chi connectivity index (χ0n) is 15.2. The lowest BCUT2D eigenvalue weighted by Gasteiger charge is -2.15. The van der Waals surface area contributed by atoms with Crippen molar-refractivity contribution < 1.29 is 19.7 Å². The number of hydrogen-bond donors (Lipinski definition) is 2. The number of Topliss-reactive ketones (excluding diaryl/α,β-unsaturated/α-hetero) is 1. The Labute approximate surface area is 158 Å². The molecule has 0 bridgehead atoms. The molecule has 0 heterocycles. The first-order chi connectivity index (χ1) is 13.1. The number of ether oxygens (including phenoxy) is 1. The molecule has 3 aromatic carbocycles. The van der Waals surface area contributed by atoms with Gasteiger partial charge in [0.05, 0.1) is 12.7 Å². The molecule has 0 radical (unpaired) electrons. The van der Waals surface area contributed by atoms with Crippen molar-refractivity contribution in [2.45, 2.75) is 19.3 Å². The topological polar surface area (TPSA) is 66.8 Å². The highest BCUT2D eigenvalue weighted by atomic mass is 16.5. The molecule has 4 heteroatoms. The van der Waals surface area contributed by atoms with Crippen molar-refractivity contribution in [3.8, 4) is 17.2 Å². The average molecular weight is 362 g/mol. The SMILES string of the molecule is COc1c(C(=O)CCc2ccccc2)ccc(O)c1Cc1ccccc1O. The Kier molecular flexibility index (Phi) is 5.77. The highest BCUT2D eigenvalue weighted by molar-refractivity contribution is 5.99. The summed E-state index contributed by atoms with van der Waals surface area (Å²) < 4.78 is 5.48. The molecular formula is C23H22O4. The van der Waals surface area contributed by atoms with Crippen LogP contribution in [0.3, 0.4) is 0 Å². The van der Waals surface area contributed by atoms with Crippen molar-refractivity contribution in [1.82, 2.24) is 0 Å². The second-order valence-corrected chi connectivity index (χ2v) is 6.36. The summed E-state index contributed by atoms with van der Waals surface area (Å²) >= 11 is 0. The monoisotopic (exact) mass is 362 g/mol. The summed E-state index contributed by atoms with van der Waals surface area (Å²) in [6.45, 7) is 0. The Morgan fingerprint density at radius 3 is 2.30 bits per heavy atom. The number of phenolic OH excluding ortho intramolecular Hbond substituents is 2. The number of aryl methyl sites for hydroxylation is 1. The Morgan fingerprint density at radius 2 is 1.59 bits per heavy atom. The standard InChI is InChI=1S/C23H22O4/c1-27-23-18(21(25)13-11-16-7-3-2-4-8-16)12-14-22(26)19(23)15-17-9-5-6-10-20(17)24/h2-10,12,14,24,26H,11,13,15H2,1H3. The van der Waals surface area contributed by atoms with Gasteiger partial charge in [-0.25, -0.2) is 0 Å². The van der Waals surface area contributed by atoms with E-state index < -0.39 is 0 Å². The molecule has 0 atom stereocenters. The molecule has 3 aromatic rings. The normalized spacial score (nSPS) is 10.6. The Balaban J connectivity index is 1.87. The fourth-order valence-electron chi connectivity index (χ4n) is 3.13. The smallest absolute Gasteiger partial charge is 0.166 e. The first kappa shape index (κ1) is 18.5. The van der Waals surface area contributed by atoms with E-state index in [1.807, 2.05) is 36.4 Å². The van der Waals surface area contributed by atoms with E-state index in [1.165, 1.54) is 13.2 Å². The van der Waals surface area contributed by atoms with Crippen LogP contribution in [0.1, 0.15) is 33.5 Å². The summed E-state index contributed by atoms with van der Waals surface area (Å²) in [4.78, 5) is 12.8. The molecule has 0 aliphatic rings. The molecule has 138 valence electrons. The number of carbonyl (C=O) groups excluding carboxylic acids is 1. The minimum absolute atomic E-state index is 0.0368. The van der Waals surface area contributed by atoms with E-state index in [0.717, 1.165) is 5.56 Å². The van der Waals surface area contributed by atoms with Gasteiger partial charge in [-0.2, -0.15) is 0 Å². The molecule has 0 aliphatic carbocycles. The van der Waals surface area contributed by atoms with Gasteiger partial charge in [-0.1, -0.05) is 48.5 Å². The maximum atomic E-state index is 12.8. The predicted molar refractivity (Wildman–Crippen MR) is 105 cm³/mol. The number of benzene rings is 3. The molecule has 4 nitrogen and oxygen atoms in total. The Morgan fingerprint density at radius 1 is 0.889 bits per heavy atom. The maximum absolute atomic E-state index is 12.8. The molecule has 0 spiro atoms. The highest BCUT2D eigenvalue weighted by Crippen LogP contribution is 2.35. The number of rotatable bonds is 7. The molecule has 0 amide bonds. The van der Waals surface area contributed by atoms with E-state index >= 15 is 0 Å². The fraction of sp³-hybridized carbons (Fsp3) is 0.174. The molecule has 2 N–H and O–H groups in total. The highest BCUT2D eigenvalue weighted by Gasteiger charge is 2.20. The van der Waals surface area contributed by atoms with Crippen LogP contribution in [0.15, 0.2) is 66.7 Å². The van der Waals surface area contributed by atoms with Gasteiger partial charge in [0.1, 0.15) is 17.2 Å². The zero-order valence-corrected chi connectivity index (χ0v) is 15.2. The molecule has 0 saturated carbocycles. The van der Waals surface area contributed by atoms with Gasteiger partial charge < -0.3 is 14.9 Å². The van der Waals surface area contributed by atoms with Crippen LogP contribution in [0.25, 0.3) is 0 Å². The van der Waals surface area contributed by atoms with Crippen LogP contribution < -0.4 is 4.74 Å². The van der Waals surface area contributed by atoms with Crippen molar-refractivity contribution in [3.63, 3.8) is 0 Å². The minimum Gasteiger partial charge on any atom is -0.508 e. The summed E-state index contributed by atoms with van der Waals surface area (Å²) in [5.74, 6) is 0.486. The van der Waals surface area contributed by atoms with E-state index in [0.29, 0.717) is 35.3 Å². The molecular weight excluding hydrogens is 340 g/mol. The molecule has 0 unspecified atom stereocenters. The van der Waals surface area contributed by atoms with Gasteiger partial charge in [0.2, 0.25) is 0 Å². The molecule has 0 fully saturated rings. The number of aromatic hydroxyl groups is 2. The first-order valence-electron chi connectivity index (χ1n) is 8.83. The lowest BCUT2D eigenvalue weighted by molar-refractivity contribution is 0.0979. The predicted octanol–water partition coefficient (Wildman–Crippen LogP) is 4.51.